The van der Waals surface area contributed by atoms with Crippen LogP contribution in [-0.2, 0) is 0 Å². The van der Waals surface area contributed by atoms with Gasteiger partial charge < -0.3 is 10.4 Å². The van der Waals surface area contributed by atoms with E-state index in [0.717, 1.165) is 11.4 Å². The van der Waals surface area contributed by atoms with Crippen LogP contribution in [0.15, 0.2) is 42.7 Å². The Hall–Kier alpha value is -1.81. The molecule has 0 radical (unpaired) electrons. The first-order valence-corrected chi connectivity index (χ1v) is 6.06. The van der Waals surface area contributed by atoms with Gasteiger partial charge in [0.25, 0.3) is 0 Å². The topological polar surface area (TPSA) is 50.1 Å². The Bertz CT molecular complexity index is 483. The highest BCUT2D eigenvalue weighted by Crippen LogP contribution is 2.17. The van der Waals surface area contributed by atoms with Gasteiger partial charge in [-0.2, -0.15) is 5.10 Å². The monoisotopic (exact) mass is 245 g/mol. The van der Waals surface area contributed by atoms with Crippen LogP contribution in [0.1, 0.15) is 20.8 Å². The van der Waals surface area contributed by atoms with Crippen molar-refractivity contribution in [2.45, 2.75) is 32.4 Å². The number of nitrogens with one attached hydrogen (secondary N) is 1. The highest BCUT2D eigenvalue weighted by atomic mass is 16.3. The summed E-state index contributed by atoms with van der Waals surface area (Å²) < 4.78 is 1.81. The lowest BCUT2D eigenvalue weighted by molar-refractivity contribution is 0.0649. The lowest BCUT2D eigenvalue weighted by Crippen LogP contribution is -2.39. The van der Waals surface area contributed by atoms with Gasteiger partial charge in [0.1, 0.15) is 0 Å². The van der Waals surface area contributed by atoms with Gasteiger partial charge in [0.2, 0.25) is 0 Å². The van der Waals surface area contributed by atoms with Gasteiger partial charge in [-0.25, -0.2) is 4.68 Å². The number of aliphatic hydroxyl groups is 1. The second-order valence-corrected chi connectivity index (χ2v) is 5.02. The second kappa shape index (κ2) is 4.82. The van der Waals surface area contributed by atoms with Gasteiger partial charge in [-0.1, -0.05) is 0 Å². The minimum atomic E-state index is -0.749. The lowest BCUT2D eigenvalue weighted by atomic mass is 10.0. The number of hydrogen-bond acceptors (Lipinski definition) is 3. The first kappa shape index (κ1) is 12.6. The van der Waals surface area contributed by atoms with Gasteiger partial charge in [0, 0.05) is 18.1 Å². The van der Waals surface area contributed by atoms with Crippen LogP contribution in [0.2, 0.25) is 0 Å². The average molecular weight is 245 g/mol. The van der Waals surface area contributed by atoms with Crippen molar-refractivity contribution < 1.29 is 5.11 Å². The molecule has 2 N–H and O–H groups in total. The normalized spacial score (nSPS) is 13.3. The fourth-order valence-electron chi connectivity index (χ4n) is 1.56. The van der Waals surface area contributed by atoms with Gasteiger partial charge in [0.15, 0.2) is 0 Å². The van der Waals surface area contributed by atoms with Crippen molar-refractivity contribution in [1.82, 2.24) is 9.78 Å². The predicted octanol–water partition coefficient (Wildman–Crippen LogP) is 2.44. The van der Waals surface area contributed by atoms with Gasteiger partial charge in [0.05, 0.1) is 17.3 Å². The average Bonchev–Trinajstić information content (AvgIpc) is 2.82. The maximum Gasteiger partial charge on any atom is 0.0789 e. The third kappa shape index (κ3) is 2.90. The Morgan fingerprint density at radius 3 is 2.44 bits per heavy atom. The molecular weight excluding hydrogens is 226 g/mol. The molecule has 1 atom stereocenters. The summed E-state index contributed by atoms with van der Waals surface area (Å²) >= 11 is 0. The van der Waals surface area contributed by atoms with Gasteiger partial charge in [-0.3, -0.25) is 0 Å². The number of nitrogens with zero attached hydrogens (tertiary/aromatic N) is 2. The highest BCUT2D eigenvalue weighted by Gasteiger charge is 2.21. The van der Waals surface area contributed by atoms with Gasteiger partial charge in [-0.05, 0) is 51.1 Å². The Balaban J connectivity index is 2.09. The molecule has 0 saturated heterocycles. The van der Waals surface area contributed by atoms with Gasteiger partial charge >= 0.3 is 0 Å². The lowest BCUT2D eigenvalue weighted by Gasteiger charge is -2.27. The predicted molar refractivity (Wildman–Crippen MR) is 72.9 cm³/mol. The Morgan fingerprint density at radius 1 is 1.28 bits per heavy atom. The van der Waals surface area contributed by atoms with Crippen LogP contribution in [0.25, 0.3) is 5.69 Å². The smallest absolute Gasteiger partial charge is 0.0789 e. The van der Waals surface area contributed by atoms with Crippen molar-refractivity contribution >= 4 is 5.69 Å². The molecule has 4 nitrogen and oxygen atoms in total. The third-order valence-electron chi connectivity index (χ3n) is 3.08. The minimum Gasteiger partial charge on any atom is -0.388 e. The highest BCUT2D eigenvalue weighted by molar-refractivity contribution is 5.49. The quantitative estimate of drug-likeness (QED) is 0.870. The molecule has 0 amide bonds. The third-order valence-corrected chi connectivity index (χ3v) is 3.08. The molecule has 1 heterocycles. The summed E-state index contributed by atoms with van der Waals surface area (Å²) in [6, 6.07) is 9.83. The van der Waals surface area contributed by atoms with Crippen LogP contribution in [-0.4, -0.2) is 26.5 Å². The summed E-state index contributed by atoms with van der Waals surface area (Å²) in [5, 5.41) is 17.3. The van der Waals surface area contributed by atoms with E-state index in [2.05, 4.69) is 10.4 Å². The number of aromatic nitrogens is 2. The molecule has 4 heteroatoms. The molecule has 0 spiro atoms. The van der Waals surface area contributed by atoms with Crippen LogP contribution >= 0.6 is 0 Å². The van der Waals surface area contributed by atoms with Crippen molar-refractivity contribution in [3.63, 3.8) is 0 Å². The van der Waals surface area contributed by atoms with E-state index in [0.29, 0.717) is 0 Å². The molecule has 1 aromatic heterocycles. The standard InChI is InChI=1S/C14H19N3O/c1-11(14(2,3)18)16-12-5-7-13(8-6-12)17-10-4-9-15-17/h4-11,16,18H,1-3H3. The molecule has 0 aliphatic rings. The number of rotatable bonds is 4. The molecule has 2 aromatic rings. The maximum absolute atomic E-state index is 9.88. The summed E-state index contributed by atoms with van der Waals surface area (Å²) in [4.78, 5) is 0. The Kier molecular flexibility index (Phi) is 3.39. The van der Waals surface area contributed by atoms with E-state index in [1.165, 1.54) is 0 Å². The molecule has 18 heavy (non-hydrogen) atoms. The van der Waals surface area contributed by atoms with E-state index in [-0.39, 0.29) is 6.04 Å². The van der Waals surface area contributed by atoms with E-state index in [4.69, 9.17) is 0 Å². The molecule has 0 bridgehead atoms. The minimum absolute atomic E-state index is 0.0203. The molecule has 0 aliphatic carbocycles. The fourth-order valence-corrected chi connectivity index (χ4v) is 1.56. The van der Waals surface area contributed by atoms with E-state index in [9.17, 15) is 5.11 Å². The van der Waals surface area contributed by atoms with Crippen molar-refractivity contribution in [2.24, 2.45) is 0 Å². The Morgan fingerprint density at radius 2 is 1.94 bits per heavy atom. The van der Waals surface area contributed by atoms with Crippen LogP contribution in [0.4, 0.5) is 5.69 Å². The summed E-state index contributed by atoms with van der Waals surface area (Å²) in [6.45, 7) is 5.55. The van der Waals surface area contributed by atoms with E-state index in [1.54, 1.807) is 20.0 Å². The molecule has 1 aromatic carbocycles. The van der Waals surface area contributed by atoms with E-state index in [1.807, 2.05) is 48.1 Å². The molecule has 1 unspecified atom stereocenters. The largest absolute Gasteiger partial charge is 0.388 e. The number of benzene rings is 1. The van der Waals surface area contributed by atoms with Crippen molar-refractivity contribution in [3.05, 3.63) is 42.7 Å². The van der Waals surface area contributed by atoms with Crippen LogP contribution in [0, 0.1) is 0 Å². The van der Waals surface area contributed by atoms with Crippen LogP contribution in [0.5, 0.6) is 0 Å². The van der Waals surface area contributed by atoms with Crippen LogP contribution in [0.3, 0.4) is 0 Å². The number of hydrogen-bond donors (Lipinski definition) is 2. The maximum atomic E-state index is 9.88. The molecule has 0 aliphatic heterocycles. The molecule has 2 rings (SSSR count). The molecule has 96 valence electrons. The van der Waals surface area contributed by atoms with Crippen LogP contribution < -0.4 is 5.32 Å². The zero-order valence-corrected chi connectivity index (χ0v) is 11.0. The summed E-state index contributed by atoms with van der Waals surface area (Å²) in [5.41, 5.74) is 1.25. The van der Waals surface area contributed by atoms with Crippen molar-refractivity contribution in [3.8, 4) is 5.69 Å². The zero-order valence-electron chi connectivity index (χ0n) is 11.0. The zero-order chi connectivity index (χ0) is 13.2. The molecule has 0 fully saturated rings. The second-order valence-electron chi connectivity index (χ2n) is 5.02. The molecular formula is C14H19N3O. The van der Waals surface area contributed by atoms with Crippen molar-refractivity contribution in [2.75, 3.05) is 5.32 Å². The first-order chi connectivity index (χ1) is 8.47. The summed E-state index contributed by atoms with van der Waals surface area (Å²) in [5.74, 6) is 0. The summed E-state index contributed by atoms with van der Waals surface area (Å²) in [7, 11) is 0. The molecule has 0 saturated carbocycles. The SMILES string of the molecule is CC(Nc1ccc(-n2cccn2)cc1)C(C)(C)O. The van der Waals surface area contributed by atoms with E-state index >= 15 is 0 Å². The van der Waals surface area contributed by atoms with Gasteiger partial charge in [-0.15, -0.1) is 0 Å². The fraction of sp³-hybridized carbons (Fsp3) is 0.357. The number of anilines is 1. The first-order valence-electron chi connectivity index (χ1n) is 6.06. The Labute approximate surface area is 107 Å². The van der Waals surface area contributed by atoms with E-state index < -0.39 is 5.60 Å². The van der Waals surface area contributed by atoms with Crippen molar-refractivity contribution in [1.29, 1.82) is 0 Å². The summed E-state index contributed by atoms with van der Waals surface area (Å²) in [6.07, 6.45) is 3.66.